The highest BCUT2D eigenvalue weighted by Crippen LogP contribution is 2.28. The van der Waals surface area contributed by atoms with E-state index in [9.17, 15) is 15.0 Å². The van der Waals surface area contributed by atoms with Crippen LogP contribution in [0.2, 0.25) is 25.2 Å². The number of carboxylic acid groups (broad SMARTS) is 1. The Morgan fingerprint density at radius 3 is 1.62 bits per heavy atom. The molecule has 0 aliphatic heterocycles. The SMILES string of the molecule is C[Si](C)(C)C(CCCCCCCC(O)CCCCCCO)C(=O)O. The number of aliphatic hydroxyl groups is 2. The first-order valence-electron chi connectivity index (χ1n) is 9.80. The summed E-state index contributed by atoms with van der Waals surface area (Å²) in [5.41, 5.74) is -0.120. The fraction of sp³-hybridized carbons (Fsp3) is 0.947. The summed E-state index contributed by atoms with van der Waals surface area (Å²) in [6.45, 7) is 6.68. The van der Waals surface area contributed by atoms with Gasteiger partial charge in [-0.2, -0.15) is 0 Å². The molecular formula is C19H40O4Si. The first-order chi connectivity index (χ1) is 11.3. The third-order valence-electron chi connectivity index (χ3n) is 4.82. The summed E-state index contributed by atoms with van der Waals surface area (Å²) in [6, 6.07) is 0. The Hall–Kier alpha value is -0.393. The van der Waals surface area contributed by atoms with E-state index in [1.165, 1.54) is 0 Å². The third-order valence-corrected chi connectivity index (χ3v) is 7.45. The first-order valence-corrected chi connectivity index (χ1v) is 13.4. The zero-order chi connectivity index (χ0) is 18.4. The molecule has 0 aromatic rings. The van der Waals surface area contributed by atoms with Crippen molar-refractivity contribution in [2.75, 3.05) is 6.61 Å². The molecule has 0 rings (SSSR count). The summed E-state index contributed by atoms with van der Waals surface area (Å²) in [5.74, 6) is -0.615. The van der Waals surface area contributed by atoms with Gasteiger partial charge in [0.2, 0.25) is 0 Å². The van der Waals surface area contributed by atoms with Crippen LogP contribution in [0.4, 0.5) is 0 Å². The molecule has 2 unspecified atom stereocenters. The third kappa shape index (κ3) is 13.0. The Balaban J connectivity index is 3.54. The highest BCUT2D eigenvalue weighted by Gasteiger charge is 2.31. The van der Waals surface area contributed by atoms with Crippen molar-refractivity contribution < 1.29 is 20.1 Å². The normalized spacial score (nSPS) is 14.5. The lowest BCUT2D eigenvalue weighted by molar-refractivity contribution is -0.137. The van der Waals surface area contributed by atoms with Crippen LogP contribution in [0, 0.1) is 0 Å². The van der Waals surface area contributed by atoms with Crippen LogP contribution in [0.1, 0.15) is 77.0 Å². The largest absolute Gasteiger partial charge is 0.481 e. The van der Waals surface area contributed by atoms with Crippen molar-refractivity contribution in [1.82, 2.24) is 0 Å². The number of carbonyl (C=O) groups is 1. The summed E-state index contributed by atoms with van der Waals surface area (Å²) < 4.78 is 0. The van der Waals surface area contributed by atoms with Crippen molar-refractivity contribution in [2.45, 2.75) is 108 Å². The molecule has 0 heterocycles. The zero-order valence-corrected chi connectivity index (χ0v) is 17.1. The van der Waals surface area contributed by atoms with Gasteiger partial charge in [-0.05, 0) is 25.7 Å². The number of carboxylic acids is 1. The van der Waals surface area contributed by atoms with E-state index >= 15 is 0 Å². The molecular weight excluding hydrogens is 320 g/mol. The van der Waals surface area contributed by atoms with Crippen LogP contribution >= 0.6 is 0 Å². The van der Waals surface area contributed by atoms with E-state index < -0.39 is 14.0 Å². The molecule has 144 valence electrons. The van der Waals surface area contributed by atoms with Crippen LogP contribution in [0.25, 0.3) is 0 Å². The number of hydrogen-bond acceptors (Lipinski definition) is 3. The molecule has 0 aliphatic carbocycles. The van der Waals surface area contributed by atoms with Gasteiger partial charge >= 0.3 is 5.97 Å². The molecule has 5 heteroatoms. The topological polar surface area (TPSA) is 77.8 Å². The smallest absolute Gasteiger partial charge is 0.303 e. The van der Waals surface area contributed by atoms with Gasteiger partial charge in [-0.3, -0.25) is 4.79 Å². The van der Waals surface area contributed by atoms with Gasteiger partial charge in [-0.1, -0.05) is 71.0 Å². The van der Waals surface area contributed by atoms with E-state index in [0.29, 0.717) is 0 Å². The number of hydrogen-bond donors (Lipinski definition) is 3. The van der Waals surface area contributed by atoms with Crippen LogP contribution in [0.3, 0.4) is 0 Å². The second-order valence-electron chi connectivity index (χ2n) is 8.18. The highest BCUT2D eigenvalue weighted by atomic mass is 28.3. The maximum absolute atomic E-state index is 11.3. The van der Waals surface area contributed by atoms with E-state index in [1.54, 1.807) is 0 Å². The molecule has 4 nitrogen and oxygen atoms in total. The van der Waals surface area contributed by atoms with Crippen molar-refractivity contribution in [1.29, 1.82) is 0 Å². The predicted molar refractivity (Wildman–Crippen MR) is 103 cm³/mol. The van der Waals surface area contributed by atoms with E-state index in [4.69, 9.17) is 5.11 Å². The van der Waals surface area contributed by atoms with Gasteiger partial charge in [0.25, 0.3) is 0 Å². The molecule has 0 aromatic carbocycles. The fourth-order valence-electron chi connectivity index (χ4n) is 3.18. The van der Waals surface area contributed by atoms with Gasteiger partial charge in [0, 0.05) is 6.61 Å². The molecule has 0 bridgehead atoms. The van der Waals surface area contributed by atoms with Crippen LogP contribution < -0.4 is 0 Å². The number of aliphatic hydroxyl groups excluding tert-OH is 2. The first kappa shape index (κ1) is 23.6. The Labute approximate surface area is 149 Å². The molecule has 24 heavy (non-hydrogen) atoms. The average Bonchev–Trinajstić information content (AvgIpc) is 2.48. The molecule has 0 aliphatic rings. The van der Waals surface area contributed by atoms with Crippen molar-refractivity contribution >= 4 is 14.0 Å². The molecule has 0 amide bonds. The molecule has 0 spiro atoms. The minimum absolute atomic E-state index is 0.120. The number of aliphatic carboxylic acids is 1. The van der Waals surface area contributed by atoms with Crippen LogP contribution in [0.5, 0.6) is 0 Å². The number of rotatable bonds is 16. The van der Waals surface area contributed by atoms with Gasteiger partial charge < -0.3 is 15.3 Å². The van der Waals surface area contributed by atoms with E-state index in [2.05, 4.69) is 19.6 Å². The monoisotopic (exact) mass is 360 g/mol. The minimum atomic E-state index is -1.61. The van der Waals surface area contributed by atoms with Crippen molar-refractivity contribution in [3.8, 4) is 0 Å². The van der Waals surface area contributed by atoms with E-state index in [0.717, 1.165) is 77.0 Å². The van der Waals surface area contributed by atoms with E-state index in [1.807, 2.05) is 0 Å². The van der Waals surface area contributed by atoms with Gasteiger partial charge in [0.05, 0.1) is 19.7 Å². The lowest BCUT2D eigenvalue weighted by atomic mass is 10.0. The highest BCUT2D eigenvalue weighted by molar-refractivity contribution is 6.80. The molecule has 3 N–H and O–H groups in total. The second kappa shape index (κ2) is 13.8. The number of unbranched alkanes of at least 4 members (excludes halogenated alkanes) is 7. The summed E-state index contributed by atoms with van der Waals surface area (Å²) in [6.07, 6.45) is 11.9. The summed E-state index contributed by atoms with van der Waals surface area (Å²) in [7, 11) is -1.61. The fourth-order valence-corrected chi connectivity index (χ4v) is 4.99. The Morgan fingerprint density at radius 2 is 1.21 bits per heavy atom. The average molecular weight is 361 g/mol. The Morgan fingerprint density at radius 1 is 0.792 bits per heavy atom. The van der Waals surface area contributed by atoms with Gasteiger partial charge in [-0.15, -0.1) is 0 Å². The molecule has 0 saturated carbocycles. The predicted octanol–water partition coefficient (Wildman–Crippen LogP) is 4.81. The van der Waals surface area contributed by atoms with Gasteiger partial charge in [0.1, 0.15) is 0 Å². The summed E-state index contributed by atoms with van der Waals surface area (Å²) in [4.78, 5) is 11.3. The molecule has 0 fully saturated rings. The van der Waals surface area contributed by atoms with E-state index in [-0.39, 0.29) is 18.3 Å². The van der Waals surface area contributed by atoms with Gasteiger partial charge in [0.15, 0.2) is 0 Å². The van der Waals surface area contributed by atoms with Crippen molar-refractivity contribution in [3.05, 3.63) is 0 Å². The standard InChI is InChI=1S/C19H40O4Si/c1-24(2,3)18(19(22)23)15-11-6-4-5-9-13-17(21)14-10-7-8-12-16-20/h17-18,20-21H,4-16H2,1-3H3,(H,22,23). The van der Waals surface area contributed by atoms with Crippen LogP contribution in [-0.4, -0.2) is 42.1 Å². The van der Waals surface area contributed by atoms with Gasteiger partial charge in [-0.25, -0.2) is 0 Å². The summed E-state index contributed by atoms with van der Waals surface area (Å²) in [5, 5.41) is 27.9. The maximum Gasteiger partial charge on any atom is 0.303 e. The lowest BCUT2D eigenvalue weighted by Crippen LogP contribution is -2.33. The Bertz CT molecular complexity index is 315. The molecule has 0 aromatic heterocycles. The summed E-state index contributed by atoms with van der Waals surface area (Å²) >= 11 is 0. The molecule has 0 saturated heterocycles. The van der Waals surface area contributed by atoms with Crippen LogP contribution in [0.15, 0.2) is 0 Å². The minimum Gasteiger partial charge on any atom is -0.481 e. The Kier molecular flexibility index (Phi) is 13.6. The van der Waals surface area contributed by atoms with Crippen molar-refractivity contribution in [2.24, 2.45) is 0 Å². The van der Waals surface area contributed by atoms with Crippen LogP contribution in [-0.2, 0) is 4.79 Å². The van der Waals surface area contributed by atoms with Crippen molar-refractivity contribution in [3.63, 3.8) is 0 Å². The molecule has 0 radical (unpaired) electrons. The molecule has 2 atom stereocenters. The maximum atomic E-state index is 11.3. The zero-order valence-electron chi connectivity index (χ0n) is 16.1. The second-order valence-corrected chi connectivity index (χ2v) is 13.6. The quantitative estimate of drug-likeness (QED) is 0.272. The lowest BCUT2D eigenvalue weighted by Gasteiger charge is -2.24.